The normalized spacial score (nSPS) is 12.6. The predicted octanol–water partition coefficient (Wildman–Crippen LogP) is 18.9. The van der Waals surface area contributed by atoms with E-state index >= 15 is 0 Å². The second kappa shape index (κ2) is 33.6. The maximum absolute atomic E-state index is 8.32. The lowest BCUT2D eigenvalue weighted by Gasteiger charge is -2.11. The molecule has 5 nitrogen and oxygen atoms in total. The Labute approximate surface area is 555 Å². The molecule has 5 heteroatoms. The summed E-state index contributed by atoms with van der Waals surface area (Å²) in [4.78, 5) is 0. The maximum Gasteiger partial charge on any atom is 0.212 e. The van der Waals surface area contributed by atoms with Crippen molar-refractivity contribution >= 4 is 0 Å². The van der Waals surface area contributed by atoms with Crippen LogP contribution in [0.5, 0.6) is 0 Å². The molecule has 0 fully saturated rings. The van der Waals surface area contributed by atoms with Crippen molar-refractivity contribution in [1.29, 1.82) is 0 Å². The highest BCUT2D eigenvalue weighted by molar-refractivity contribution is 5.65. The third-order valence-electron chi connectivity index (χ3n) is 16.2. The van der Waals surface area contributed by atoms with E-state index in [9.17, 15) is 0 Å². The minimum atomic E-state index is -2.23. The topological polar surface area (TPSA) is 19.4 Å². The van der Waals surface area contributed by atoms with Gasteiger partial charge in [-0.15, -0.1) is 0 Å². The molecule has 0 amide bonds. The maximum atomic E-state index is 8.32. The van der Waals surface area contributed by atoms with Gasteiger partial charge >= 0.3 is 0 Å². The summed E-state index contributed by atoms with van der Waals surface area (Å²) in [5, 5.41) is 0. The highest BCUT2D eigenvalue weighted by Gasteiger charge is 2.20. The standard InChI is InChI=1S/5C17H22N/c1-12(2)16-10-17(18(5)11-14(16)4)15-9-7-6-8-13(15)3;1-12(2)16-11-18(5)17(10-14(16)4)15-9-7-6-8-13(15)3;1-13(2)11-15-9-10-18(4)17(12-15)16-8-6-5-7-14(16)3;2*1-13(2)11-15-9-10-17(18(4)12-15)16-8-6-5-7-14(16)3/h2*6-12H,1-5H3;3*5-10,12-13H,11H2,1-4H3/q5*+1/i4D3,12D;12D;;11D2;. The second-order valence-corrected chi connectivity index (χ2v) is 26.0. The summed E-state index contributed by atoms with van der Waals surface area (Å²) in [6.45, 7) is 30.6. The van der Waals surface area contributed by atoms with Gasteiger partial charge in [0.05, 0.1) is 0 Å². The van der Waals surface area contributed by atoms with E-state index in [0.29, 0.717) is 17.4 Å². The fraction of sp³-hybridized carbons (Fsp3) is 0.353. The third-order valence-corrected chi connectivity index (χ3v) is 16.2. The summed E-state index contributed by atoms with van der Waals surface area (Å²) in [5.74, 6) is -0.190. The summed E-state index contributed by atoms with van der Waals surface area (Å²) >= 11 is 0. The molecule has 0 aliphatic heterocycles. The first-order valence-electron chi connectivity index (χ1n) is 35.6. The van der Waals surface area contributed by atoms with E-state index in [1.165, 1.54) is 78.3 Å². The first kappa shape index (κ1) is 60.7. The molecule has 0 saturated carbocycles. The Balaban J connectivity index is 0.000000192. The van der Waals surface area contributed by atoms with Crippen LogP contribution in [0.3, 0.4) is 0 Å². The van der Waals surface area contributed by atoms with Crippen molar-refractivity contribution in [3.05, 3.63) is 268 Å². The molecular weight excluding hydrogens is 1090 g/mol. The van der Waals surface area contributed by atoms with E-state index < -0.39 is 25.0 Å². The van der Waals surface area contributed by atoms with Gasteiger partial charge in [0, 0.05) is 96.1 Å². The fourth-order valence-corrected chi connectivity index (χ4v) is 11.5. The van der Waals surface area contributed by atoms with E-state index in [-0.39, 0.29) is 11.5 Å². The molecule has 0 N–H and O–H groups in total. The Kier molecular flexibility index (Phi) is 22.7. The van der Waals surface area contributed by atoms with Gasteiger partial charge in [0.15, 0.2) is 31.0 Å². The zero-order chi connectivity index (χ0) is 72.1. The van der Waals surface area contributed by atoms with Crippen LogP contribution in [0, 0.1) is 66.1 Å². The quantitative estimate of drug-likeness (QED) is 0.103. The van der Waals surface area contributed by atoms with Crippen LogP contribution in [-0.4, -0.2) is 0 Å². The van der Waals surface area contributed by atoms with Gasteiger partial charge in [0.1, 0.15) is 35.2 Å². The average Bonchev–Trinajstić information content (AvgIpc) is 0.782. The number of aryl methyl sites for hydroxylation is 12. The van der Waals surface area contributed by atoms with E-state index in [1.807, 2.05) is 119 Å². The zero-order valence-electron chi connectivity index (χ0n) is 65.4. The lowest BCUT2D eigenvalue weighted by Crippen LogP contribution is -2.32. The van der Waals surface area contributed by atoms with E-state index in [2.05, 4.69) is 231 Å². The van der Waals surface area contributed by atoms with Crippen LogP contribution in [0.15, 0.2) is 201 Å². The Bertz CT molecular complexity index is 4280. The second-order valence-electron chi connectivity index (χ2n) is 26.0. The van der Waals surface area contributed by atoms with Gasteiger partial charge in [-0.3, -0.25) is 0 Å². The molecule has 5 aromatic heterocycles. The van der Waals surface area contributed by atoms with Gasteiger partial charge in [-0.25, -0.2) is 22.8 Å². The van der Waals surface area contributed by atoms with Gasteiger partial charge < -0.3 is 0 Å². The molecule has 10 aromatic rings. The van der Waals surface area contributed by atoms with Crippen molar-refractivity contribution < 1.29 is 32.4 Å². The molecule has 0 unspecified atom stereocenters. The first-order chi connectivity index (χ1) is 45.3. The summed E-state index contributed by atoms with van der Waals surface area (Å²) in [7, 11) is 10.1. The monoisotopic (exact) mass is 1210 g/mol. The van der Waals surface area contributed by atoms with Crippen molar-refractivity contribution in [2.45, 2.75) is 149 Å². The Morgan fingerprint density at radius 3 is 1.07 bits per heavy atom. The molecule has 0 saturated heterocycles. The molecule has 90 heavy (non-hydrogen) atoms. The van der Waals surface area contributed by atoms with Gasteiger partial charge in [0.2, 0.25) is 28.5 Å². The predicted molar refractivity (Wildman–Crippen MR) is 382 cm³/mol. The average molecular weight is 1210 g/mol. The Hall–Kier alpha value is -8.15. The lowest BCUT2D eigenvalue weighted by molar-refractivity contribution is -0.661. The van der Waals surface area contributed by atoms with Crippen LogP contribution in [-0.2, 0) is 54.5 Å². The number of aromatic nitrogens is 5. The van der Waals surface area contributed by atoms with Gasteiger partial charge in [-0.05, 0) is 184 Å². The molecule has 0 spiro atoms. The molecule has 0 atom stereocenters. The Morgan fingerprint density at radius 2 is 0.678 bits per heavy atom. The van der Waals surface area contributed by atoms with Crippen molar-refractivity contribution in [1.82, 2.24) is 0 Å². The van der Waals surface area contributed by atoms with E-state index in [1.54, 1.807) is 20.0 Å². The molecule has 0 radical (unpaired) electrons. The number of rotatable bonds is 13. The number of nitrogens with zero attached hydrogens (tertiary/aromatic N) is 5. The molecule has 470 valence electrons. The van der Waals surface area contributed by atoms with Crippen molar-refractivity contribution in [2.24, 2.45) is 53.0 Å². The highest BCUT2D eigenvalue weighted by Crippen LogP contribution is 2.28. The van der Waals surface area contributed by atoms with Crippen molar-refractivity contribution in [3.63, 3.8) is 0 Å². The summed E-state index contributed by atoms with van der Waals surface area (Å²) in [6.07, 6.45) is 11.0. The number of hydrogen-bond acceptors (Lipinski definition) is 0. The Morgan fingerprint density at radius 1 is 0.322 bits per heavy atom. The van der Waals surface area contributed by atoms with Crippen LogP contribution in [0.2, 0.25) is 0 Å². The van der Waals surface area contributed by atoms with Crippen LogP contribution in [0.1, 0.15) is 157 Å². The summed E-state index contributed by atoms with van der Waals surface area (Å²) < 4.78 is 66.6. The fourth-order valence-electron chi connectivity index (χ4n) is 11.5. The SMILES string of the molecule is Cc1ccccc1-c1cc(CC(C)C)cc[n+]1C.Cc1ccccc1-c1ccc(CC(C)C)c[n+]1C.[2H]C(C)(C)c1c[n+](C)c(-c2ccccc2C)cc1C.[2H]C([2H])([2H])c1c[n+](C)c(-c2ccccc2C)cc1C([2H])(C)C.[2H]C([2H])(c1ccc(-c2ccccc2C)[n+](C)c1)C(C)C. The van der Waals surface area contributed by atoms with Crippen LogP contribution in [0.4, 0.5) is 0 Å². The van der Waals surface area contributed by atoms with Gasteiger partial charge in [0.25, 0.3) is 0 Å². The molecule has 5 heterocycles. The number of pyridine rings is 5. The largest absolute Gasteiger partial charge is 0.212 e. The summed E-state index contributed by atoms with van der Waals surface area (Å²) in [5.41, 5.74) is 24.8. The number of benzene rings is 5. The van der Waals surface area contributed by atoms with Crippen LogP contribution < -0.4 is 22.8 Å². The first-order valence-corrected chi connectivity index (χ1v) is 32.1. The molecular formula is C85H110N5+5. The van der Waals surface area contributed by atoms with E-state index in [4.69, 9.17) is 9.60 Å². The van der Waals surface area contributed by atoms with Crippen molar-refractivity contribution in [2.75, 3.05) is 0 Å². The molecule has 0 aliphatic rings. The molecule has 0 aliphatic carbocycles. The zero-order valence-corrected chi connectivity index (χ0v) is 58.4. The minimum Gasteiger partial charge on any atom is -0.201 e. The molecule has 5 aromatic carbocycles. The third kappa shape index (κ3) is 19.9. The highest BCUT2D eigenvalue weighted by atomic mass is 14.9. The van der Waals surface area contributed by atoms with Gasteiger partial charge in [-0.1, -0.05) is 160 Å². The van der Waals surface area contributed by atoms with Crippen LogP contribution >= 0.6 is 0 Å². The molecule has 0 bridgehead atoms. The van der Waals surface area contributed by atoms with Gasteiger partial charge in [-0.2, -0.15) is 0 Å². The van der Waals surface area contributed by atoms with Crippen LogP contribution in [0.25, 0.3) is 56.3 Å². The smallest absolute Gasteiger partial charge is 0.201 e. The molecule has 10 rings (SSSR count). The summed E-state index contributed by atoms with van der Waals surface area (Å²) in [6, 6.07) is 58.7. The van der Waals surface area contributed by atoms with E-state index in [0.717, 1.165) is 46.5 Å². The minimum absolute atomic E-state index is 0.0492. The lowest BCUT2D eigenvalue weighted by atomic mass is 9.96. The number of hydrogen-bond donors (Lipinski definition) is 0. The van der Waals surface area contributed by atoms with Crippen molar-refractivity contribution in [3.8, 4) is 56.3 Å².